The fourth-order valence-electron chi connectivity index (χ4n) is 1.82. The second-order valence-electron chi connectivity index (χ2n) is 3.35. The van der Waals surface area contributed by atoms with Crippen LogP contribution in [0, 0.1) is 6.42 Å². The lowest BCUT2D eigenvalue weighted by atomic mass is 10.0. The van der Waals surface area contributed by atoms with Crippen LogP contribution in [0.5, 0.6) is 0 Å². The molecule has 0 saturated heterocycles. The van der Waals surface area contributed by atoms with Crippen molar-refractivity contribution in [3.05, 3.63) is 60.0 Å². The highest BCUT2D eigenvalue weighted by molar-refractivity contribution is 5.88. The lowest BCUT2D eigenvalue weighted by Gasteiger charge is -2.01. The number of hydrogen-bond acceptors (Lipinski definition) is 0. The fraction of sp³-hybridized carbons (Fsp3) is 0. The summed E-state index contributed by atoms with van der Waals surface area (Å²) < 4.78 is 0. The second kappa shape index (κ2) is 2.46. The molecule has 2 aromatic carbocycles. The van der Waals surface area contributed by atoms with Crippen molar-refractivity contribution in [3.8, 4) is 0 Å². The zero-order valence-electron chi connectivity index (χ0n) is 7.20. The maximum Gasteiger partial charge on any atom is 0.0131 e. The lowest BCUT2D eigenvalue weighted by Crippen LogP contribution is -1.80. The van der Waals surface area contributed by atoms with Gasteiger partial charge in [0.05, 0.1) is 0 Å². The Balaban J connectivity index is 2.40. The minimum Gasteiger partial charge on any atom is -0.0755 e. The number of fused-ring (bicyclic) bond motifs is 2. The van der Waals surface area contributed by atoms with E-state index in [1.165, 1.54) is 21.9 Å². The minimum absolute atomic E-state index is 1.32. The zero-order chi connectivity index (χ0) is 8.67. The van der Waals surface area contributed by atoms with E-state index in [0.29, 0.717) is 0 Å². The molecule has 61 valence electrons. The van der Waals surface area contributed by atoms with Gasteiger partial charge in [0, 0.05) is 6.42 Å². The monoisotopic (exact) mass is 165 g/mol. The maximum absolute atomic E-state index is 2.24. The van der Waals surface area contributed by atoms with E-state index >= 15 is 0 Å². The van der Waals surface area contributed by atoms with Crippen molar-refractivity contribution in [2.45, 2.75) is 0 Å². The van der Waals surface area contributed by atoms with Crippen LogP contribution < -0.4 is 0 Å². The van der Waals surface area contributed by atoms with Gasteiger partial charge in [-0.15, -0.1) is 0 Å². The number of benzene rings is 2. The van der Waals surface area contributed by atoms with Gasteiger partial charge in [-0.05, 0) is 34.0 Å². The highest BCUT2D eigenvalue weighted by Gasteiger charge is 2.05. The molecule has 0 heterocycles. The summed E-state index contributed by atoms with van der Waals surface area (Å²) in [5, 5.41) is 2.64. The van der Waals surface area contributed by atoms with Crippen molar-refractivity contribution < 1.29 is 0 Å². The van der Waals surface area contributed by atoms with Gasteiger partial charge in [-0.25, -0.2) is 0 Å². The van der Waals surface area contributed by atoms with Crippen LogP contribution in [0.15, 0.2) is 42.5 Å². The highest BCUT2D eigenvalue weighted by atomic mass is 14.1. The Hall–Kier alpha value is -1.56. The van der Waals surface area contributed by atoms with E-state index in [0.717, 1.165) is 0 Å². The molecule has 2 aromatic rings. The lowest BCUT2D eigenvalue weighted by molar-refractivity contribution is 1.59. The minimum atomic E-state index is 1.32. The smallest absolute Gasteiger partial charge is 0.0131 e. The van der Waals surface area contributed by atoms with E-state index in [1.807, 2.05) is 0 Å². The quantitative estimate of drug-likeness (QED) is 0.561. The van der Waals surface area contributed by atoms with Gasteiger partial charge in [0.25, 0.3) is 0 Å². The van der Waals surface area contributed by atoms with Crippen LogP contribution in [-0.4, -0.2) is 0 Å². The van der Waals surface area contributed by atoms with Crippen molar-refractivity contribution in [3.63, 3.8) is 0 Å². The molecular weight excluding hydrogens is 156 g/mol. The third-order valence-electron chi connectivity index (χ3n) is 2.50. The van der Waals surface area contributed by atoms with E-state index in [2.05, 4.69) is 55.0 Å². The van der Waals surface area contributed by atoms with E-state index in [4.69, 9.17) is 0 Å². The van der Waals surface area contributed by atoms with Crippen molar-refractivity contribution in [2.75, 3.05) is 0 Å². The molecule has 0 nitrogen and oxygen atoms in total. The summed E-state index contributed by atoms with van der Waals surface area (Å²) in [6.45, 7) is 0. The zero-order valence-corrected chi connectivity index (χ0v) is 7.20. The maximum atomic E-state index is 2.24. The van der Waals surface area contributed by atoms with Gasteiger partial charge < -0.3 is 0 Å². The van der Waals surface area contributed by atoms with Crippen LogP contribution in [0.1, 0.15) is 11.1 Å². The molecule has 1 radical (unpaired) electrons. The van der Waals surface area contributed by atoms with Crippen LogP contribution in [0.2, 0.25) is 0 Å². The molecule has 0 aromatic heterocycles. The van der Waals surface area contributed by atoms with E-state index in [1.54, 1.807) is 0 Å². The molecule has 0 aliphatic heterocycles. The summed E-state index contributed by atoms with van der Waals surface area (Å²) in [6.07, 6.45) is 6.41. The van der Waals surface area contributed by atoms with Gasteiger partial charge in [0.2, 0.25) is 0 Å². The average molecular weight is 165 g/mol. The van der Waals surface area contributed by atoms with Gasteiger partial charge in [0.15, 0.2) is 0 Å². The summed E-state index contributed by atoms with van der Waals surface area (Å²) >= 11 is 0. The van der Waals surface area contributed by atoms with E-state index in [-0.39, 0.29) is 0 Å². The van der Waals surface area contributed by atoms with Gasteiger partial charge in [-0.2, -0.15) is 0 Å². The highest BCUT2D eigenvalue weighted by Crippen LogP contribution is 2.26. The molecular formula is C13H9. The van der Waals surface area contributed by atoms with Crippen molar-refractivity contribution in [1.82, 2.24) is 0 Å². The predicted octanol–water partition coefficient (Wildman–Crippen LogP) is 3.42. The van der Waals surface area contributed by atoms with E-state index in [9.17, 15) is 0 Å². The van der Waals surface area contributed by atoms with Crippen LogP contribution in [-0.2, 0) is 0 Å². The van der Waals surface area contributed by atoms with Crippen molar-refractivity contribution >= 4 is 16.8 Å². The van der Waals surface area contributed by atoms with Gasteiger partial charge in [-0.1, -0.05) is 36.4 Å². The molecule has 0 unspecified atom stereocenters. The normalized spacial score (nSPS) is 13.5. The molecule has 0 atom stereocenters. The second-order valence-corrected chi connectivity index (χ2v) is 3.35. The van der Waals surface area contributed by atoms with Crippen molar-refractivity contribution in [1.29, 1.82) is 0 Å². The third kappa shape index (κ3) is 0.988. The molecule has 0 spiro atoms. The Morgan fingerprint density at radius 3 is 2.23 bits per heavy atom. The molecule has 3 rings (SSSR count). The Morgan fingerprint density at radius 1 is 0.769 bits per heavy atom. The molecule has 0 heteroatoms. The fourth-order valence-corrected chi connectivity index (χ4v) is 1.82. The van der Waals surface area contributed by atoms with Crippen LogP contribution in [0.4, 0.5) is 0 Å². The Kier molecular flexibility index (Phi) is 1.31. The Labute approximate surface area is 77.5 Å². The van der Waals surface area contributed by atoms with Crippen LogP contribution in [0.25, 0.3) is 16.8 Å². The summed E-state index contributed by atoms with van der Waals surface area (Å²) in [7, 11) is 0. The molecule has 0 amide bonds. The van der Waals surface area contributed by atoms with Gasteiger partial charge in [0.1, 0.15) is 0 Å². The first kappa shape index (κ1) is 6.90. The first-order valence-corrected chi connectivity index (χ1v) is 4.48. The first-order valence-electron chi connectivity index (χ1n) is 4.48. The topological polar surface area (TPSA) is 0 Å². The van der Waals surface area contributed by atoms with Crippen molar-refractivity contribution in [2.24, 2.45) is 0 Å². The largest absolute Gasteiger partial charge is 0.0755 e. The summed E-state index contributed by atoms with van der Waals surface area (Å²) in [4.78, 5) is 0. The molecule has 0 N–H and O–H groups in total. The number of allylic oxidation sites excluding steroid dienone is 1. The average Bonchev–Trinajstić information content (AvgIpc) is 2.61. The molecule has 1 aliphatic rings. The molecule has 0 fully saturated rings. The molecule has 13 heavy (non-hydrogen) atoms. The SMILES string of the molecule is [CH]1C=Cc2cc3ccccc3cc21. The summed E-state index contributed by atoms with van der Waals surface area (Å²) in [6, 6.07) is 13.0. The number of hydrogen-bond donors (Lipinski definition) is 0. The predicted molar refractivity (Wildman–Crippen MR) is 56.4 cm³/mol. The Bertz CT molecular complexity index is 492. The standard InChI is InChI=1S/C13H9/c1-2-5-11-9-13-7-3-6-12(13)8-10(11)4-1/h1-9H. The van der Waals surface area contributed by atoms with Gasteiger partial charge >= 0.3 is 0 Å². The molecule has 1 aliphatic carbocycles. The number of rotatable bonds is 0. The van der Waals surface area contributed by atoms with Crippen LogP contribution >= 0.6 is 0 Å². The van der Waals surface area contributed by atoms with Crippen LogP contribution in [0.3, 0.4) is 0 Å². The van der Waals surface area contributed by atoms with E-state index < -0.39 is 0 Å². The molecule has 0 bridgehead atoms. The Morgan fingerprint density at radius 2 is 1.46 bits per heavy atom. The summed E-state index contributed by atoms with van der Waals surface area (Å²) in [5.41, 5.74) is 2.66. The van der Waals surface area contributed by atoms with Gasteiger partial charge in [-0.3, -0.25) is 0 Å². The first-order chi connectivity index (χ1) is 6.43. The third-order valence-corrected chi connectivity index (χ3v) is 2.50. The summed E-state index contributed by atoms with van der Waals surface area (Å²) in [5.74, 6) is 0. The molecule has 0 saturated carbocycles.